The average Bonchev–Trinajstić information content (AvgIpc) is 2.67. The van der Waals surface area contributed by atoms with E-state index in [0.717, 1.165) is 5.56 Å². The van der Waals surface area contributed by atoms with Crippen LogP contribution >= 0.6 is 11.6 Å². The number of hydrogen-bond acceptors (Lipinski definition) is 5. The van der Waals surface area contributed by atoms with Crippen molar-refractivity contribution >= 4 is 27.6 Å². The van der Waals surface area contributed by atoms with Crippen molar-refractivity contribution in [2.24, 2.45) is 0 Å². The fourth-order valence-corrected chi connectivity index (χ4v) is 4.22. The van der Waals surface area contributed by atoms with E-state index in [1.807, 2.05) is 31.2 Å². The highest BCUT2D eigenvalue weighted by atomic mass is 35.5. The van der Waals surface area contributed by atoms with Crippen LogP contribution in [0, 0.1) is 6.92 Å². The number of benzene rings is 2. The second-order valence-corrected chi connectivity index (χ2v) is 8.37. The van der Waals surface area contributed by atoms with Crippen LogP contribution in [0.2, 0.25) is 5.02 Å². The number of aryl methyl sites for hydroxylation is 1. The van der Waals surface area contributed by atoms with Crippen molar-refractivity contribution in [3.05, 3.63) is 58.6 Å². The van der Waals surface area contributed by atoms with Crippen LogP contribution in [0.1, 0.15) is 29.8 Å². The normalized spacial score (nSPS) is 11.5. The van der Waals surface area contributed by atoms with Crippen LogP contribution in [-0.2, 0) is 14.8 Å². The molecule has 0 bridgehead atoms. The number of nitrogens with zero attached hydrogens (tertiary/aromatic N) is 1. The number of carbonyl (C=O) groups is 1. The van der Waals surface area contributed by atoms with Crippen molar-refractivity contribution in [1.82, 2.24) is 4.31 Å². The molecule has 0 heterocycles. The molecule has 2 aromatic carbocycles. The van der Waals surface area contributed by atoms with Crippen LogP contribution in [0.5, 0.6) is 5.75 Å². The minimum absolute atomic E-state index is 0.00320. The van der Waals surface area contributed by atoms with Crippen LogP contribution < -0.4 is 4.74 Å². The Kier molecular flexibility index (Phi) is 7.86. The molecule has 28 heavy (non-hydrogen) atoms. The Hall–Kier alpha value is -2.09. The van der Waals surface area contributed by atoms with Gasteiger partial charge in [-0.2, -0.15) is 4.31 Å². The Bertz CT molecular complexity index is 909. The van der Waals surface area contributed by atoms with Gasteiger partial charge in [0.25, 0.3) is 0 Å². The maximum Gasteiger partial charge on any atom is 0.339 e. The van der Waals surface area contributed by atoms with Crippen LogP contribution in [0.3, 0.4) is 0 Å². The van der Waals surface area contributed by atoms with Gasteiger partial charge in [0.15, 0.2) is 0 Å². The molecule has 0 saturated heterocycles. The van der Waals surface area contributed by atoms with Gasteiger partial charge in [0.2, 0.25) is 10.0 Å². The van der Waals surface area contributed by atoms with E-state index in [9.17, 15) is 13.2 Å². The molecule has 2 rings (SSSR count). The zero-order valence-corrected chi connectivity index (χ0v) is 17.7. The molecule has 0 unspecified atom stereocenters. The molecule has 0 atom stereocenters. The summed E-state index contributed by atoms with van der Waals surface area (Å²) in [6, 6.07) is 11.5. The summed E-state index contributed by atoms with van der Waals surface area (Å²) in [4.78, 5) is 12.3. The van der Waals surface area contributed by atoms with E-state index in [1.54, 1.807) is 13.8 Å². The predicted octanol–water partition coefficient (Wildman–Crippen LogP) is 3.91. The number of carbonyl (C=O) groups excluding carboxylic acids is 1. The molecule has 6 nitrogen and oxygen atoms in total. The van der Waals surface area contributed by atoms with Gasteiger partial charge in [0.05, 0.1) is 15.5 Å². The maximum atomic E-state index is 12.6. The van der Waals surface area contributed by atoms with E-state index >= 15 is 0 Å². The molecule has 0 N–H and O–H groups in total. The second kappa shape index (κ2) is 9.91. The van der Waals surface area contributed by atoms with Crippen molar-refractivity contribution in [2.75, 3.05) is 26.3 Å². The number of ether oxygens (including phenoxy) is 2. The molecule has 0 aliphatic heterocycles. The first-order chi connectivity index (χ1) is 13.3. The molecule has 0 fully saturated rings. The quantitative estimate of drug-likeness (QED) is 0.449. The summed E-state index contributed by atoms with van der Waals surface area (Å²) >= 11 is 6.07. The minimum atomic E-state index is -3.70. The van der Waals surface area contributed by atoms with Gasteiger partial charge in [-0.05, 0) is 37.3 Å². The topological polar surface area (TPSA) is 72.9 Å². The summed E-state index contributed by atoms with van der Waals surface area (Å²) in [6.45, 7) is 6.32. The lowest BCUT2D eigenvalue weighted by Gasteiger charge is -2.19. The SMILES string of the molecule is CCN(CC)S(=O)(=O)c1ccc(Cl)c(C(=O)OCCOc2ccc(C)cc2)c1. The second-order valence-electron chi connectivity index (χ2n) is 6.03. The molecule has 0 spiro atoms. The Morgan fingerprint density at radius 2 is 1.68 bits per heavy atom. The Morgan fingerprint density at radius 3 is 2.29 bits per heavy atom. The molecule has 0 aliphatic carbocycles. The van der Waals surface area contributed by atoms with Crippen molar-refractivity contribution in [1.29, 1.82) is 0 Å². The molecule has 0 radical (unpaired) electrons. The minimum Gasteiger partial charge on any atom is -0.490 e. The number of rotatable bonds is 9. The highest BCUT2D eigenvalue weighted by Gasteiger charge is 2.24. The van der Waals surface area contributed by atoms with Gasteiger partial charge in [-0.15, -0.1) is 0 Å². The fraction of sp³-hybridized carbons (Fsp3) is 0.350. The van der Waals surface area contributed by atoms with Gasteiger partial charge in [-0.25, -0.2) is 13.2 Å². The summed E-state index contributed by atoms with van der Waals surface area (Å²) in [5, 5.41) is 0.128. The summed E-state index contributed by atoms with van der Waals surface area (Å²) < 4.78 is 37.3. The number of hydrogen-bond donors (Lipinski definition) is 0. The van der Waals surface area contributed by atoms with E-state index in [4.69, 9.17) is 21.1 Å². The van der Waals surface area contributed by atoms with E-state index in [2.05, 4.69) is 0 Å². The third-order valence-corrected chi connectivity index (χ3v) is 6.48. The molecule has 152 valence electrons. The van der Waals surface area contributed by atoms with E-state index in [1.165, 1.54) is 22.5 Å². The fourth-order valence-electron chi connectivity index (χ4n) is 2.54. The lowest BCUT2D eigenvalue weighted by Crippen LogP contribution is -2.30. The van der Waals surface area contributed by atoms with Crippen LogP contribution in [0.4, 0.5) is 0 Å². The molecule has 8 heteroatoms. The number of halogens is 1. The van der Waals surface area contributed by atoms with Crippen molar-refractivity contribution in [2.45, 2.75) is 25.7 Å². The van der Waals surface area contributed by atoms with Gasteiger partial charge in [0.1, 0.15) is 19.0 Å². The lowest BCUT2D eigenvalue weighted by atomic mass is 10.2. The maximum absolute atomic E-state index is 12.6. The number of esters is 1. The summed E-state index contributed by atoms with van der Waals surface area (Å²) in [5.74, 6) is -0.0268. The zero-order valence-electron chi connectivity index (χ0n) is 16.1. The van der Waals surface area contributed by atoms with Gasteiger partial charge >= 0.3 is 5.97 Å². The molecule has 0 aromatic heterocycles. The Balaban J connectivity index is 2.03. The summed E-state index contributed by atoms with van der Waals surface area (Å²) in [6.07, 6.45) is 0. The Labute approximate surface area is 171 Å². The first-order valence-corrected chi connectivity index (χ1v) is 10.8. The van der Waals surface area contributed by atoms with E-state index in [0.29, 0.717) is 18.8 Å². The lowest BCUT2D eigenvalue weighted by molar-refractivity contribution is 0.0450. The van der Waals surface area contributed by atoms with Crippen molar-refractivity contribution in [3.63, 3.8) is 0 Å². The average molecular weight is 426 g/mol. The third-order valence-electron chi connectivity index (χ3n) is 4.11. The highest BCUT2D eigenvalue weighted by Crippen LogP contribution is 2.23. The largest absolute Gasteiger partial charge is 0.490 e. The molecule has 0 aliphatic rings. The van der Waals surface area contributed by atoms with Crippen LogP contribution in [0.15, 0.2) is 47.4 Å². The molecular weight excluding hydrogens is 402 g/mol. The smallest absolute Gasteiger partial charge is 0.339 e. The summed E-state index contributed by atoms with van der Waals surface area (Å²) in [5.41, 5.74) is 1.12. The van der Waals surface area contributed by atoms with Crippen LogP contribution in [-0.4, -0.2) is 45.0 Å². The van der Waals surface area contributed by atoms with Gasteiger partial charge in [-0.3, -0.25) is 0 Å². The molecular formula is C20H24ClNO5S. The first-order valence-electron chi connectivity index (χ1n) is 8.95. The molecule has 2 aromatic rings. The van der Waals surface area contributed by atoms with Gasteiger partial charge < -0.3 is 9.47 Å². The van der Waals surface area contributed by atoms with Crippen LogP contribution in [0.25, 0.3) is 0 Å². The Morgan fingerprint density at radius 1 is 1.04 bits per heavy atom. The predicted molar refractivity (Wildman–Crippen MR) is 109 cm³/mol. The van der Waals surface area contributed by atoms with Gasteiger partial charge in [-0.1, -0.05) is 43.1 Å². The van der Waals surface area contributed by atoms with Gasteiger partial charge in [0, 0.05) is 13.1 Å². The highest BCUT2D eigenvalue weighted by molar-refractivity contribution is 7.89. The van der Waals surface area contributed by atoms with Crippen molar-refractivity contribution in [3.8, 4) is 5.75 Å². The van der Waals surface area contributed by atoms with E-state index in [-0.39, 0.29) is 28.7 Å². The molecule has 0 saturated carbocycles. The zero-order chi connectivity index (χ0) is 20.7. The standard InChI is InChI=1S/C20H24ClNO5S/c1-4-22(5-2)28(24,25)17-10-11-19(21)18(14-17)20(23)27-13-12-26-16-8-6-15(3)7-9-16/h6-11,14H,4-5,12-13H2,1-3H3. The first kappa shape index (κ1) is 22.2. The summed E-state index contributed by atoms with van der Waals surface area (Å²) in [7, 11) is -3.70. The van der Waals surface area contributed by atoms with Crippen molar-refractivity contribution < 1.29 is 22.7 Å². The van der Waals surface area contributed by atoms with E-state index < -0.39 is 16.0 Å². The monoisotopic (exact) mass is 425 g/mol. The molecule has 0 amide bonds. The number of sulfonamides is 1. The third kappa shape index (κ3) is 5.47.